The highest BCUT2D eigenvalue weighted by Crippen LogP contribution is 2.32. The number of rotatable bonds is 5. The molecule has 1 saturated heterocycles. The molecule has 1 aliphatic rings. The molecule has 1 unspecified atom stereocenters. The molecule has 1 heterocycles. The summed E-state index contributed by atoms with van der Waals surface area (Å²) < 4.78 is 34.2. The minimum Gasteiger partial charge on any atom is -0.495 e. The fraction of sp³-hybridized carbons (Fsp3) is 0.381. The molecule has 1 amide bonds. The number of anilines is 1. The van der Waals surface area contributed by atoms with Crippen molar-refractivity contribution in [1.82, 2.24) is 4.31 Å². The van der Waals surface area contributed by atoms with E-state index in [1.165, 1.54) is 23.5 Å². The number of benzene rings is 2. The Morgan fingerprint density at radius 3 is 2.62 bits per heavy atom. The number of nitrogens with zero attached hydrogens (tertiary/aromatic N) is 1. The van der Waals surface area contributed by atoms with Crippen LogP contribution in [-0.4, -0.2) is 38.3 Å². The van der Waals surface area contributed by atoms with Gasteiger partial charge in [-0.25, -0.2) is 8.42 Å². The topological polar surface area (TPSA) is 75.7 Å². The fourth-order valence-corrected chi connectivity index (χ4v) is 5.97. The van der Waals surface area contributed by atoms with Crippen molar-refractivity contribution in [3.05, 3.63) is 52.0 Å². The second-order valence-electron chi connectivity index (χ2n) is 7.26. The first-order valence-electron chi connectivity index (χ1n) is 9.51. The van der Waals surface area contributed by atoms with Crippen molar-refractivity contribution in [3.8, 4) is 5.75 Å². The fourth-order valence-electron chi connectivity index (χ4n) is 3.49. The average Bonchev–Trinajstić information content (AvgIpc) is 2.69. The van der Waals surface area contributed by atoms with Gasteiger partial charge in [0, 0.05) is 22.6 Å². The zero-order valence-corrected chi connectivity index (χ0v) is 19.1. The highest BCUT2D eigenvalue weighted by molar-refractivity contribution is 9.10. The van der Waals surface area contributed by atoms with E-state index < -0.39 is 10.0 Å². The van der Waals surface area contributed by atoms with E-state index in [2.05, 4.69) is 21.2 Å². The molecule has 0 aromatic heterocycles. The first kappa shape index (κ1) is 21.8. The van der Waals surface area contributed by atoms with Crippen molar-refractivity contribution >= 4 is 37.5 Å². The van der Waals surface area contributed by atoms with Gasteiger partial charge < -0.3 is 10.1 Å². The summed E-state index contributed by atoms with van der Waals surface area (Å²) in [7, 11) is -2.35. The predicted molar refractivity (Wildman–Crippen MR) is 117 cm³/mol. The number of carbonyl (C=O) groups excluding carboxylic acids is 1. The summed E-state index contributed by atoms with van der Waals surface area (Å²) in [6, 6.07) is 10.00. The minimum absolute atomic E-state index is 0.0179. The van der Waals surface area contributed by atoms with Crippen LogP contribution < -0.4 is 10.1 Å². The lowest BCUT2D eigenvalue weighted by Crippen LogP contribution is -2.42. The third-order valence-corrected chi connectivity index (χ3v) is 7.82. The lowest BCUT2D eigenvalue weighted by Gasteiger charge is -2.32. The molecule has 1 fully saturated rings. The Morgan fingerprint density at radius 2 is 1.97 bits per heavy atom. The van der Waals surface area contributed by atoms with Crippen molar-refractivity contribution in [3.63, 3.8) is 0 Å². The smallest absolute Gasteiger partial charge is 0.255 e. The van der Waals surface area contributed by atoms with Crippen molar-refractivity contribution in [2.24, 2.45) is 0 Å². The molecule has 1 aliphatic heterocycles. The van der Waals surface area contributed by atoms with Crippen LogP contribution in [0, 0.1) is 6.92 Å². The molecular weight excluding hydrogens is 456 g/mol. The van der Waals surface area contributed by atoms with Gasteiger partial charge in [0.15, 0.2) is 0 Å². The summed E-state index contributed by atoms with van der Waals surface area (Å²) in [4.78, 5) is 12.8. The van der Waals surface area contributed by atoms with E-state index >= 15 is 0 Å². The number of ether oxygens (including phenoxy) is 1. The van der Waals surface area contributed by atoms with E-state index in [0.29, 0.717) is 12.2 Å². The number of halogens is 1. The number of carbonyl (C=O) groups is 1. The maximum Gasteiger partial charge on any atom is 0.255 e. The first-order valence-corrected chi connectivity index (χ1v) is 11.7. The number of nitrogens with one attached hydrogen (secondary N) is 1. The van der Waals surface area contributed by atoms with E-state index in [0.717, 1.165) is 29.3 Å². The monoisotopic (exact) mass is 480 g/mol. The molecule has 0 radical (unpaired) electrons. The molecule has 0 bridgehead atoms. The van der Waals surface area contributed by atoms with E-state index in [9.17, 15) is 13.2 Å². The highest BCUT2D eigenvalue weighted by Gasteiger charge is 2.33. The number of sulfonamides is 1. The second-order valence-corrected chi connectivity index (χ2v) is 9.98. The van der Waals surface area contributed by atoms with Gasteiger partial charge in [0.2, 0.25) is 10.0 Å². The quantitative estimate of drug-likeness (QED) is 0.679. The molecular formula is C21H25BrN2O4S. The lowest BCUT2D eigenvalue weighted by molar-refractivity contribution is 0.102. The summed E-state index contributed by atoms with van der Waals surface area (Å²) in [6.45, 7) is 4.34. The maximum absolute atomic E-state index is 13.3. The van der Waals surface area contributed by atoms with Crippen LogP contribution in [0.3, 0.4) is 0 Å². The number of hydrogen-bond acceptors (Lipinski definition) is 4. The number of aryl methyl sites for hydroxylation is 1. The zero-order chi connectivity index (χ0) is 21.2. The van der Waals surface area contributed by atoms with Gasteiger partial charge in [-0.15, -0.1) is 0 Å². The van der Waals surface area contributed by atoms with E-state index in [1.807, 2.05) is 26.0 Å². The predicted octanol–water partition coefficient (Wildman–Crippen LogP) is 4.58. The number of methoxy groups -OCH3 is 1. The zero-order valence-electron chi connectivity index (χ0n) is 16.7. The van der Waals surface area contributed by atoms with Gasteiger partial charge in [-0.2, -0.15) is 4.31 Å². The second kappa shape index (κ2) is 8.85. The van der Waals surface area contributed by atoms with Crippen LogP contribution >= 0.6 is 15.9 Å². The summed E-state index contributed by atoms with van der Waals surface area (Å²) in [5.41, 5.74) is 1.93. The summed E-state index contributed by atoms with van der Waals surface area (Å²) in [6.07, 6.45) is 2.66. The molecule has 2 aromatic rings. The normalized spacial score (nSPS) is 17.7. The highest BCUT2D eigenvalue weighted by atomic mass is 79.9. The van der Waals surface area contributed by atoms with Crippen molar-refractivity contribution in [2.75, 3.05) is 19.0 Å². The Bertz CT molecular complexity index is 1020. The van der Waals surface area contributed by atoms with Crippen LogP contribution in [0.2, 0.25) is 0 Å². The maximum atomic E-state index is 13.3. The number of hydrogen-bond donors (Lipinski definition) is 1. The van der Waals surface area contributed by atoms with Crippen LogP contribution in [0.1, 0.15) is 42.1 Å². The molecule has 29 heavy (non-hydrogen) atoms. The van der Waals surface area contributed by atoms with Crippen molar-refractivity contribution in [1.29, 1.82) is 0 Å². The first-order chi connectivity index (χ1) is 13.7. The van der Waals surface area contributed by atoms with Gasteiger partial charge in [0.05, 0.1) is 12.8 Å². The summed E-state index contributed by atoms with van der Waals surface area (Å²) in [5.74, 6) is -0.156. The minimum atomic E-state index is -3.78. The Labute approximate surface area is 180 Å². The van der Waals surface area contributed by atoms with Crippen LogP contribution in [0.4, 0.5) is 5.69 Å². The Kier molecular flexibility index (Phi) is 6.65. The van der Waals surface area contributed by atoms with Gasteiger partial charge in [0.25, 0.3) is 5.91 Å². The number of amides is 1. The van der Waals surface area contributed by atoms with Gasteiger partial charge in [0.1, 0.15) is 10.6 Å². The van der Waals surface area contributed by atoms with Gasteiger partial charge in [-0.05, 0) is 78.5 Å². The van der Waals surface area contributed by atoms with Crippen LogP contribution in [-0.2, 0) is 10.0 Å². The van der Waals surface area contributed by atoms with Gasteiger partial charge >= 0.3 is 0 Å². The van der Waals surface area contributed by atoms with Crippen LogP contribution in [0.15, 0.2) is 45.8 Å². The van der Waals surface area contributed by atoms with E-state index in [1.54, 1.807) is 12.1 Å². The van der Waals surface area contributed by atoms with Crippen LogP contribution in [0.5, 0.6) is 5.75 Å². The van der Waals surface area contributed by atoms with E-state index in [4.69, 9.17) is 4.74 Å². The Balaban J connectivity index is 1.95. The summed E-state index contributed by atoms with van der Waals surface area (Å²) in [5, 5.41) is 2.82. The molecule has 6 nitrogen and oxygen atoms in total. The Hall–Kier alpha value is -1.90. The standard InChI is InChI=1S/C21H25BrN2O4S/c1-14-7-9-18(17(22)12-14)23-21(25)16-8-10-19(28-3)20(13-16)29(26,27)24-11-5-4-6-15(24)2/h7-10,12-13,15H,4-6,11H2,1-3H3,(H,23,25). The molecule has 2 aromatic carbocycles. The van der Waals surface area contributed by atoms with Crippen molar-refractivity contribution < 1.29 is 17.9 Å². The van der Waals surface area contributed by atoms with Crippen molar-refractivity contribution in [2.45, 2.75) is 44.0 Å². The number of piperidine rings is 1. The summed E-state index contributed by atoms with van der Waals surface area (Å²) >= 11 is 3.44. The van der Waals surface area contributed by atoms with Gasteiger partial charge in [-0.1, -0.05) is 12.5 Å². The molecule has 1 N–H and O–H groups in total. The van der Waals surface area contributed by atoms with E-state index in [-0.39, 0.29) is 28.2 Å². The molecule has 0 saturated carbocycles. The molecule has 0 aliphatic carbocycles. The molecule has 1 atom stereocenters. The third kappa shape index (κ3) is 4.65. The average molecular weight is 481 g/mol. The molecule has 8 heteroatoms. The molecule has 156 valence electrons. The molecule has 0 spiro atoms. The van der Waals surface area contributed by atoms with Crippen LogP contribution in [0.25, 0.3) is 0 Å². The third-order valence-electron chi connectivity index (χ3n) is 5.13. The van der Waals surface area contributed by atoms with Gasteiger partial charge in [-0.3, -0.25) is 4.79 Å². The lowest BCUT2D eigenvalue weighted by atomic mass is 10.1. The largest absolute Gasteiger partial charge is 0.495 e. The Morgan fingerprint density at radius 1 is 1.21 bits per heavy atom. The SMILES string of the molecule is COc1ccc(C(=O)Nc2ccc(C)cc2Br)cc1S(=O)(=O)N1CCCCC1C. The molecule has 3 rings (SSSR count).